The molecule has 2 rings (SSSR count). The Morgan fingerprint density at radius 3 is 1.61 bits per heavy atom. The van der Waals surface area contributed by atoms with Crippen molar-refractivity contribution in [3.8, 4) is 0 Å². The lowest BCUT2D eigenvalue weighted by molar-refractivity contribution is -0.143. The summed E-state index contributed by atoms with van der Waals surface area (Å²) < 4.78 is 0. The molecule has 1 aromatic carbocycles. The molecule has 0 saturated heterocycles. The number of carboxylic acid groups (broad SMARTS) is 4. The summed E-state index contributed by atoms with van der Waals surface area (Å²) in [5.74, 6) is -9.11. The number of carbonyl (C=O) groups is 8. The number of benzene rings is 1. The van der Waals surface area contributed by atoms with Crippen molar-refractivity contribution in [3.05, 3.63) is 54.1 Å². The van der Waals surface area contributed by atoms with E-state index in [1.165, 1.54) is 12.5 Å². The molecule has 0 aliphatic carbocycles. The minimum absolute atomic E-state index is 0.148. The zero-order chi connectivity index (χ0) is 36.5. The molecule has 19 heteroatoms. The van der Waals surface area contributed by atoms with Gasteiger partial charge in [-0.15, -0.1) is 0 Å². The number of nitrogens with one attached hydrogen (secondary N) is 5. The van der Waals surface area contributed by atoms with Crippen molar-refractivity contribution in [2.75, 3.05) is 0 Å². The average molecular weight is 690 g/mol. The van der Waals surface area contributed by atoms with E-state index in [2.05, 4.69) is 31.2 Å². The molecule has 0 spiro atoms. The lowest BCUT2D eigenvalue weighted by atomic mass is 10.0. The number of hydrogen-bond acceptors (Lipinski definition) is 10. The minimum atomic E-state index is -1.61. The molecule has 4 amide bonds. The van der Waals surface area contributed by atoms with Gasteiger partial charge in [-0.2, -0.15) is 0 Å². The highest BCUT2D eigenvalue weighted by atomic mass is 16.4. The number of aromatic amines is 1. The van der Waals surface area contributed by atoms with Gasteiger partial charge in [0.1, 0.15) is 24.2 Å². The molecule has 0 aliphatic heterocycles. The maximum absolute atomic E-state index is 13.7. The largest absolute Gasteiger partial charge is 0.481 e. The summed E-state index contributed by atoms with van der Waals surface area (Å²) in [5.41, 5.74) is 6.66. The number of H-pyrrole nitrogens is 1. The highest BCUT2D eigenvalue weighted by Gasteiger charge is 2.32. The first-order valence-corrected chi connectivity index (χ1v) is 15.0. The Bertz CT molecular complexity index is 1470. The van der Waals surface area contributed by atoms with Gasteiger partial charge in [0.05, 0.1) is 12.4 Å². The van der Waals surface area contributed by atoms with Crippen molar-refractivity contribution in [2.45, 2.75) is 81.6 Å². The molecule has 0 saturated carbocycles. The summed E-state index contributed by atoms with van der Waals surface area (Å²) in [6.07, 6.45) is -0.436. The molecule has 5 unspecified atom stereocenters. The fourth-order valence-corrected chi connectivity index (χ4v) is 4.45. The smallest absolute Gasteiger partial charge is 0.326 e. The van der Waals surface area contributed by atoms with Crippen LogP contribution < -0.4 is 27.0 Å². The second-order valence-corrected chi connectivity index (χ2v) is 11.0. The third-order valence-corrected chi connectivity index (χ3v) is 7.07. The van der Waals surface area contributed by atoms with Crippen molar-refractivity contribution in [1.29, 1.82) is 0 Å². The van der Waals surface area contributed by atoms with Crippen molar-refractivity contribution in [1.82, 2.24) is 31.2 Å². The summed E-state index contributed by atoms with van der Waals surface area (Å²) in [6.45, 7) is 0. The first-order valence-electron chi connectivity index (χ1n) is 15.0. The molecular formula is C30H39N7O12. The predicted octanol–water partition coefficient (Wildman–Crippen LogP) is -1.86. The monoisotopic (exact) mass is 689 g/mol. The van der Waals surface area contributed by atoms with Gasteiger partial charge in [0.25, 0.3) is 0 Å². The minimum Gasteiger partial charge on any atom is -0.481 e. The molecule has 0 aliphatic rings. The second-order valence-electron chi connectivity index (χ2n) is 11.0. The number of aliphatic carboxylic acids is 4. The van der Waals surface area contributed by atoms with Crippen molar-refractivity contribution in [3.63, 3.8) is 0 Å². The van der Waals surface area contributed by atoms with E-state index < -0.39 is 110 Å². The zero-order valence-electron chi connectivity index (χ0n) is 26.2. The molecule has 49 heavy (non-hydrogen) atoms. The maximum Gasteiger partial charge on any atom is 0.326 e. The van der Waals surface area contributed by atoms with Gasteiger partial charge in [0, 0.05) is 44.0 Å². The number of rotatable bonds is 22. The van der Waals surface area contributed by atoms with Gasteiger partial charge >= 0.3 is 23.9 Å². The highest BCUT2D eigenvalue weighted by molar-refractivity contribution is 5.96. The van der Waals surface area contributed by atoms with Crippen LogP contribution in [0.2, 0.25) is 0 Å². The molecule has 266 valence electrons. The number of amides is 4. The number of carboxylic acids is 4. The molecule has 11 N–H and O–H groups in total. The summed E-state index contributed by atoms with van der Waals surface area (Å²) in [5, 5.41) is 46.1. The van der Waals surface area contributed by atoms with E-state index >= 15 is 0 Å². The van der Waals surface area contributed by atoms with Gasteiger partial charge in [-0.3, -0.25) is 33.6 Å². The first-order chi connectivity index (χ1) is 23.2. The van der Waals surface area contributed by atoms with Gasteiger partial charge in [0.2, 0.25) is 23.6 Å². The normalized spacial score (nSPS) is 13.8. The van der Waals surface area contributed by atoms with Crippen LogP contribution in [0.25, 0.3) is 0 Å². The third-order valence-electron chi connectivity index (χ3n) is 7.07. The van der Waals surface area contributed by atoms with Crippen LogP contribution in [0.5, 0.6) is 0 Å². The number of hydrogen-bond donors (Lipinski definition) is 10. The lowest BCUT2D eigenvalue weighted by Crippen LogP contribution is -2.59. The Kier molecular flexibility index (Phi) is 15.8. The Hall–Kier alpha value is -5.85. The number of nitrogens with two attached hydrogens (primary N) is 1. The second kappa shape index (κ2) is 19.7. The van der Waals surface area contributed by atoms with E-state index in [0.29, 0.717) is 11.3 Å². The van der Waals surface area contributed by atoms with Crippen molar-refractivity contribution < 1.29 is 58.8 Å². The number of carbonyl (C=O) groups excluding carboxylic acids is 4. The fraction of sp³-hybridized carbons (Fsp3) is 0.433. The predicted molar refractivity (Wildman–Crippen MR) is 166 cm³/mol. The Morgan fingerprint density at radius 2 is 1.10 bits per heavy atom. The molecule has 5 atom stereocenters. The molecule has 2 aromatic rings. The Morgan fingerprint density at radius 1 is 0.633 bits per heavy atom. The van der Waals surface area contributed by atoms with Gasteiger partial charge in [-0.25, -0.2) is 9.78 Å². The van der Waals surface area contributed by atoms with Crippen LogP contribution in [-0.4, -0.2) is 108 Å². The SMILES string of the molecule is NC(CCC(=O)O)C(=O)NC(CCC(=O)O)C(=O)NC(Cc1ccccc1)C(=O)NC(Cc1cnc[nH]1)C(=O)NC(CCC(=O)O)C(=O)O. The summed E-state index contributed by atoms with van der Waals surface area (Å²) >= 11 is 0. The summed E-state index contributed by atoms with van der Waals surface area (Å²) in [4.78, 5) is 105. The zero-order valence-corrected chi connectivity index (χ0v) is 26.2. The van der Waals surface area contributed by atoms with E-state index in [0.717, 1.165) is 0 Å². The van der Waals surface area contributed by atoms with E-state index in [1.54, 1.807) is 30.3 Å². The quantitative estimate of drug-likeness (QED) is 0.0648. The van der Waals surface area contributed by atoms with E-state index in [9.17, 15) is 48.6 Å². The van der Waals surface area contributed by atoms with Crippen LogP contribution >= 0.6 is 0 Å². The molecular weight excluding hydrogens is 650 g/mol. The van der Waals surface area contributed by atoms with Crippen LogP contribution in [-0.2, 0) is 51.2 Å². The first kappa shape index (κ1) is 39.3. The molecule has 0 radical (unpaired) electrons. The number of nitrogens with zero attached hydrogens (tertiary/aromatic N) is 1. The van der Waals surface area contributed by atoms with Crippen molar-refractivity contribution >= 4 is 47.5 Å². The van der Waals surface area contributed by atoms with Gasteiger partial charge in [-0.05, 0) is 24.8 Å². The topological polar surface area (TPSA) is 320 Å². The fourth-order valence-electron chi connectivity index (χ4n) is 4.45. The highest BCUT2D eigenvalue weighted by Crippen LogP contribution is 2.09. The lowest BCUT2D eigenvalue weighted by Gasteiger charge is -2.26. The van der Waals surface area contributed by atoms with E-state index in [-0.39, 0.29) is 19.3 Å². The Balaban J connectivity index is 2.35. The van der Waals surface area contributed by atoms with Crippen LogP contribution in [0.4, 0.5) is 0 Å². The van der Waals surface area contributed by atoms with Gasteiger partial charge in [0.15, 0.2) is 0 Å². The molecule has 19 nitrogen and oxygen atoms in total. The third kappa shape index (κ3) is 14.6. The van der Waals surface area contributed by atoms with Crippen LogP contribution in [0.3, 0.4) is 0 Å². The summed E-state index contributed by atoms with van der Waals surface area (Å²) in [6, 6.07) is 0.978. The molecule has 0 fully saturated rings. The molecule has 1 heterocycles. The number of aromatic nitrogens is 2. The van der Waals surface area contributed by atoms with Gasteiger partial charge < -0.3 is 52.4 Å². The standard InChI is InChI=1S/C30H39N7O12/c31-18(6-9-23(38)39)26(44)34-19(7-10-24(40)41)27(45)36-21(12-16-4-2-1-3-5-16)28(46)37-22(13-17-14-32-15-33-17)29(47)35-20(30(48)49)8-11-25(42)43/h1-5,14-15,18-22H,6-13,31H2,(H,32,33)(H,34,44)(H,35,47)(H,36,45)(H,37,46)(H,38,39)(H,40,41)(H,42,43)(H,48,49). The Labute approximate surface area is 279 Å². The summed E-state index contributed by atoms with van der Waals surface area (Å²) in [7, 11) is 0. The average Bonchev–Trinajstić information content (AvgIpc) is 3.56. The van der Waals surface area contributed by atoms with Crippen LogP contribution in [0, 0.1) is 0 Å². The van der Waals surface area contributed by atoms with Crippen molar-refractivity contribution in [2.24, 2.45) is 5.73 Å². The van der Waals surface area contributed by atoms with E-state index in [4.69, 9.17) is 15.9 Å². The van der Waals surface area contributed by atoms with E-state index in [1.807, 2.05) is 0 Å². The molecule has 1 aromatic heterocycles. The molecule has 0 bridgehead atoms. The van der Waals surface area contributed by atoms with Crippen LogP contribution in [0.15, 0.2) is 42.9 Å². The van der Waals surface area contributed by atoms with Crippen LogP contribution in [0.1, 0.15) is 49.8 Å². The number of imidazole rings is 1. The van der Waals surface area contributed by atoms with Gasteiger partial charge in [-0.1, -0.05) is 30.3 Å². The maximum atomic E-state index is 13.7.